The van der Waals surface area contributed by atoms with Gasteiger partial charge < -0.3 is 0 Å². The van der Waals surface area contributed by atoms with Crippen molar-refractivity contribution in [1.82, 2.24) is 29.4 Å². The van der Waals surface area contributed by atoms with Gasteiger partial charge in [0.2, 0.25) is 0 Å². The van der Waals surface area contributed by atoms with E-state index >= 15 is 0 Å². The summed E-state index contributed by atoms with van der Waals surface area (Å²) in [5.74, 6) is 1.52. The Labute approximate surface area is 159 Å². The van der Waals surface area contributed by atoms with E-state index in [0.29, 0.717) is 11.6 Å². The molecule has 0 saturated carbocycles. The molecule has 1 unspecified atom stereocenters. The first kappa shape index (κ1) is 16.2. The third kappa shape index (κ3) is 2.53. The van der Waals surface area contributed by atoms with Crippen LogP contribution in [0.1, 0.15) is 41.7 Å². The van der Waals surface area contributed by atoms with Crippen LogP contribution in [0.4, 0.5) is 0 Å². The molecule has 0 aliphatic heterocycles. The van der Waals surface area contributed by atoms with Crippen LogP contribution in [0.25, 0.3) is 15.9 Å². The van der Waals surface area contributed by atoms with E-state index in [9.17, 15) is 0 Å². The van der Waals surface area contributed by atoms with Gasteiger partial charge in [-0.2, -0.15) is 5.10 Å². The van der Waals surface area contributed by atoms with Crippen molar-refractivity contribution in [1.29, 1.82) is 0 Å². The average Bonchev–Trinajstić information content (AvgIpc) is 3.28. The first-order valence-electron chi connectivity index (χ1n) is 8.96. The van der Waals surface area contributed by atoms with Crippen LogP contribution in [0, 0.1) is 12.8 Å². The third-order valence-electron chi connectivity index (χ3n) is 5.30. The number of hydrogen-bond donors (Lipinski definition) is 0. The normalized spacial score (nSPS) is 17.3. The topological polar surface area (TPSA) is 60.9 Å². The van der Waals surface area contributed by atoms with Gasteiger partial charge in [-0.25, -0.2) is 14.5 Å². The van der Waals surface area contributed by atoms with Crippen LogP contribution in [-0.2, 0) is 19.4 Å². The molecule has 26 heavy (non-hydrogen) atoms. The van der Waals surface area contributed by atoms with Gasteiger partial charge in [0.05, 0.1) is 16.1 Å². The number of aryl methyl sites for hydroxylation is 2. The Kier molecular flexibility index (Phi) is 3.76. The minimum Gasteiger partial charge on any atom is -0.263 e. The summed E-state index contributed by atoms with van der Waals surface area (Å²) < 4.78 is 3.58. The molecule has 0 aromatic carbocycles. The van der Waals surface area contributed by atoms with E-state index in [4.69, 9.17) is 16.6 Å². The van der Waals surface area contributed by atoms with Gasteiger partial charge in [-0.15, -0.1) is 16.4 Å². The van der Waals surface area contributed by atoms with Gasteiger partial charge in [-0.1, -0.05) is 24.9 Å². The molecule has 1 aliphatic carbocycles. The van der Waals surface area contributed by atoms with Crippen molar-refractivity contribution < 1.29 is 0 Å². The lowest BCUT2D eigenvalue weighted by atomic mass is 9.86. The van der Waals surface area contributed by atoms with Crippen molar-refractivity contribution in [2.75, 3.05) is 0 Å². The van der Waals surface area contributed by atoms with Crippen molar-refractivity contribution in [3.8, 4) is 0 Å². The highest BCUT2D eigenvalue weighted by Crippen LogP contribution is 2.39. The Morgan fingerprint density at radius 1 is 1.35 bits per heavy atom. The lowest BCUT2D eigenvalue weighted by Crippen LogP contribution is -2.11. The molecule has 4 aromatic rings. The molecule has 0 radical (unpaired) electrons. The highest BCUT2D eigenvalue weighted by Gasteiger charge is 2.24. The minimum atomic E-state index is 0.501. The molecule has 0 saturated heterocycles. The number of halogens is 1. The summed E-state index contributed by atoms with van der Waals surface area (Å²) >= 11 is 7.93. The van der Waals surface area contributed by atoms with Crippen LogP contribution in [0.2, 0.25) is 5.02 Å². The number of hydrogen-bond acceptors (Lipinski definition) is 5. The highest BCUT2D eigenvalue weighted by molar-refractivity contribution is 7.19. The lowest BCUT2D eigenvalue weighted by molar-refractivity contribution is 0.451. The van der Waals surface area contributed by atoms with E-state index in [1.807, 2.05) is 24.5 Å². The van der Waals surface area contributed by atoms with Crippen molar-refractivity contribution in [3.05, 3.63) is 39.5 Å². The maximum atomic E-state index is 6.10. The van der Waals surface area contributed by atoms with Crippen LogP contribution < -0.4 is 0 Å². The fraction of sp³-hybridized carbons (Fsp3) is 0.444. The fourth-order valence-electron chi connectivity index (χ4n) is 3.82. The fourth-order valence-corrected chi connectivity index (χ4v) is 5.27. The zero-order chi connectivity index (χ0) is 17.8. The Balaban J connectivity index is 1.59. The van der Waals surface area contributed by atoms with Gasteiger partial charge in [0.25, 0.3) is 0 Å². The summed E-state index contributed by atoms with van der Waals surface area (Å²) in [5.41, 5.74) is 3.16. The number of nitrogens with zero attached hydrogens (tertiary/aromatic N) is 6. The summed E-state index contributed by atoms with van der Waals surface area (Å²) in [6.07, 6.45) is 8.37. The molecule has 0 fully saturated rings. The molecule has 0 amide bonds. The van der Waals surface area contributed by atoms with Crippen molar-refractivity contribution >= 4 is 38.8 Å². The zero-order valence-electron chi connectivity index (χ0n) is 14.7. The molecule has 5 rings (SSSR count). The van der Waals surface area contributed by atoms with Crippen LogP contribution >= 0.6 is 22.9 Å². The number of fused-ring (bicyclic) bond motifs is 5. The van der Waals surface area contributed by atoms with E-state index in [1.165, 1.54) is 35.1 Å². The second kappa shape index (κ2) is 6.03. The highest BCUT2D eigenvalue weighted by atomic mass is 35.5. The smallest absolute Gasteiger partial charge is 0.173 e. The Morgan fingerprint density at radius 2 is 2.23 bits per heavy atom. The average molecular weight is 387 g/mol. The first-order chi connectivity index (χ1) is 12.6. The van der Waals surface area contributed by atoms with E-state index in [1.54, 1.807) is 15.5 Å². The second-order valence-electron chi connectivity index (χ2n) is 7.00. The van der Waals surface area contributed by atoms with Crippen LogP contribution in [0.3, 0.4) is 0 Å². The van der Waals surface area contributed by atoms with Gasteiger partial charge >= 0.3 is 0 Å². The Bertz CT molecular complexity index is 1100. The predicted octanol–water partition coefficient (Wildman–Crippen LogP) is 4.06. The summed E-state index contributed by atoms with van der Waals surface area (Å²) in [4.78, 5) is 12.0. The minimum absolute atomic E-state index is 0.501. The standard InChI is InChI=1S/C18H19ClN6S/c1-3-11-4-5-12-14(6-11)26-18-16(12)17-21-15(23-25(17)9-20-18)8-24-7-13(19)10(2)22-24/h7,9,11H,3-6,8H2,1-2H3. The third-order valence-corrected chi connectivity index (χ3v) is 6.83. The van der Waals surface area contributed by atoms with Crippen molar-refractivity contribution in [2.24, 2.45) is 5.92 Å². The van der Waals surface area contributed by atoms with E-state index in [0.717, 1.165) is 34.3 Å². The lowest BCUT2D eigenvalue weighted by Gasteiger charge is -2.20. The van der Waals surface area contributed by atoms with Crippen LogP contribution in [0.15, 0.2) is 12.5 Å². The first-order valence-corrected chi connectivity index (χ1v) is 10.2. The molecule has 6 nitrogen and oxygen atoms in total. The summed E-state index contributed by atoms with van der Waals surface area (Å²) in [5, 5.41) is 10.9. The van der Waals surface area contributed by atoms with Crippen molar-refractivity contribution in [3.63, 3.8) is 0 Å². The molecule has 1 aliphatic rings. The monoisotopic (exact) mass is 386 g/mol. The zero-order valence-corrected chi connectivity index (χ0v) is 16.3. The molecule has 4 heterocycles. The second-order valence-corrected chi connectivity index (χ2v) is 8.49. The van der Waals surface area contributed by atoms with Crippen LogP contribution in [-0.4, -0.2) is 29.4 Å². The van der Waals surface area contributed by atoms with Gasteiger partial charge in [-0.05, 0) is 37.7 Å². The predicted molar refractivity (Wildman–Crippen MR) is 103 cm³/mol. The maximum Gasteiger partial charge on any atom is 0.173 e. The largest absolute Gasteiger partial charge is 0.263 e. The Hall–Kier alpha value is -1.99. The summed E-state index contributed by atoms with van der Waals surface area (Å²) in [6.45, 7) is 4.68. The molecule has 0 bridgehead atoms. The molecule has 1 atom stereocenters. The molecular weight excluding hydrogens is 368 g/mol. The summed E-state index contributed by atoms with van der Waals surface area (Å²) in [7, 11) is 0. The quantitative estimate of drug-likeness (QED) is 0.532. The number of rotatable bonds is 3. The molecule has 0 N–H and O–H groups in total. The maximum absolute atomic E-state index is 6.10. The number of thiophene rings is 1. The van der Waals surface area contributed by atoms with E-state index < -0.39 is 0 Å². The van der Waals surface area contributed by atoms with Crippen molar-refractivity contribution in [2.45, 2.75) is 46.1 Å². The Morgan fingerprint density at radius 3 is 3.00 bits per heavy atom. The molecule has 0 spiro atoms. The van der Waals surface area contributed by atoms with Crippen LogP contribution in [0.5, 0.6) is 0 Å². The van der Waals surface area contributed by atoms with Gasteiger partial charge in [0.15, 0.2) is 11.5 Å². The van der Waals surface area contributed by atoms with Gasteiger partial charge in [0, 0.05) is 11.1 Å². The van der Waals surface area contributed by atoms with E-state index in [-0.39, 0.29) is 0 Å². The van der Waals surface area contributed by atoms with E-state index in [2.05, 4.69) is 22.1 Å². The molecule has 4 aromatic heterocycles. The SMILES string of the molecule is CCC1CCc2c(sc3ncn4nc(Cn5cc(Cl)c(C)n5)nc4c23)C1. The summed E-state index contributed by atoms with van der Waals surface area (Å²) in [6, 6.07) is 0. The number of aromatic nitrogens is 6. The van der Waals surface area contributed by atoms with Gasteiger partial charge in [-0.3, -0.25) is 4.68 Å². The molecule has 8 heteroatoms. The van der Waals surface area contributed by atoms with Gasteiger partial charge in [0.1, 0.15) is 17.7 Å². The molecule has 134 valence electrons. The molecular formula is C18H19ClN6S.